The molecule has 63 heavy (non-hydrogen) atoms. The van der Waals surface area contributed by atoms with Crippen molar-refractivity contribution in [3.8, 4) is 0 Å². The summed E-state index contributed by atoms with van der Waals surface area (Å²) in [5, 5.41) is 23.9. The molecule has 3 aromatic carbocycles. The molecule has 3 aromatic rings. The van der Waals surface area contributed by atoms with Crippen LogP contribution in [-0.4, -0.2) is 125 Å². The van der Waals surface area contributed by atoms with E-state index >= 15 is 4.79 Å². The molecule has 0 aromatic heterocycles. The summed E-state index contributed by atoms with van der Waals surface area (Å²) in [5.41, 5.74) is 2.26. The largest absolute Gasteiger partial charge is 0.499 e. The first-order chi connectivity index (χ1) is 30.2. The summed E-state index contributed by atoms with van der Waals surface area (Å²) in [6.07, 6.45) is 1.02. The number of nitrogens with one attached hydrogen (secondary N) is 1. The number of benzene rings is 3. The number of hydrogen-bond acceptors (Lipinski definition) is 13. The number of aliphatic hydroxyl groups excluding tert-OH is 2. The van der Waals surface area contributed by atoms with Crippen LogP contribution in [0.2, 0.25) is 0 Å². The predicted octanol–water partition coefficient (Wildman–Crippen LogP) is 3.41. The van der Waals surface area contributed by atoms with Crippen LogP contribution in [-0.2, 0) is 73.5 Å². The van der Waals surface area contributed by atoms with Gasteiger partial charge in [0.25, 0.3) is 0 Å². The first kappa shape index (κ1) is 44.4. The number of carbonyl (C=O) groups excluding carboxylic acids is 4. The van der Waals surface area contributed by atoms with Gasteiger partial charge in [0.05, 0.1) is 32.1 Å². The minimum atomic E-state index is -1.58. The number of hydroxylamine groups is 2. The second-order valence-electron chi connectivity index (χ2n) is 18.2. The third-order valence-corrected chi connectivity index (χ3v) is 12.6. The van der Waals surface area contributed by atoms with Crippen molar-refractivity contribution in [2.24, 2.45) is 5.41 Å². The van der Waals surface area contributed by atoms with Gasteiger partial charge in [-0.15, -0.1) is 0 Å². The lowest BCUT2D eigenvalue weighted by molar-refractivity contribution is -0.218. The molecule has 2 bridgehead atoms. The summed E-state index contributed by atoms with van der Waals surface area (Å²) in [6.45, 7) is 4.97. The molecule has 15 nitrogen and oxygen atoms in total. The van der Waals surface area contributed by atoms with Crippen molar-refractivity contribution in [3.05, 3.63) is 113 Å². The van der Waals surface area contributed by atoms with E-state index in [2.05, 4.69) is 5.32 Å². The Balaban J connectivity index is 1.12. The molecule has 15 heteroatoms. The smallest absolute Gasteiger partial charge is 0.327 e. The zero-order valence-electron chi connectivity index (χ0n) is 36.1. The Labute approximate surface area is 367 Å². The SMILES string of the molecule is CN(C(=O)[C@@]12C[C@H]3OC(=O)[C@@H]1N(Cc1cccc(C=COCCO)c1)O[C@@H]2[C@H]1OC2(Cc4ccccc4C2)O[C@H]13)[C@H](Cc1ccccc1)C(=O)N[C@H](CO)CCC(=O)OC(C)(C)C. The Kier molecular flexibility index (Phi) is 12.8. The molecule has 2 amide bonds. The summed E-state index contributed by atoms with van der Waals surface area (Å²) >= 11 is 0. The molecule has 336 valence electrons. The van der Waals surface area contributed by atoms with E-state index in [4.69, 9.17) is 33.6 Å². The number of ether oxygens (including phenoxy) is 5. The highest BCUT2D eigenvalue weighted by Crippen LogP contribution is 2.59. The molecule has 2 aliphatic carbocycles. The van der Waals surface area contributed by atoms with E-state index in [1.165, 1.54) is 16.2 Å². The number of esters is 2. The number of hydrogen-bond donors (Lipinski definition) is 3. The summed E-state index contributed by atoms with van der Waals surface area (Å²) in [6, 6.07) is 21.7. The molecule has 3 heterocycles. The van der Waals surface area contributed by atoms with E-state index in [1.54, 1.807) is 33.9 Å². The predicted molar refractivity (Wildman–Crippen MR) is 227 cm³/mol. The van der Waals surface area contributed by atoms with Crippen molar-refractivity contribution in [3.63, 3.8) is 0 Å². The minimum absolute atomic E-state index is 0.0437. The molecule has 3 N–H and O–H groups in total. The second kappa shape index (κ2) is 18.1. The Morgan fingerprint density at radius 1 is 0.968 bits per heavy atom. The molecular formula is C48H57N3O12. The fraction of sp³-hybridized carbons (Fsp3) is 0.500. The van der Waals surface area contributed by atoms with Crippen LogP contribution in [0.1, 0.15) is 67.9 Å². The van der Waals surface area contributed by atoms with Gasteiger partial charge in [-0.25, -0.2) is 0 Å². The van der Waals surface area contributed by atoms with Crippen LogP contribution in [0.5, 0.6) is 0 Å². The van der Waals surface area contributed by atoms with Crippen LogP contribution < -0.4 is 5.32 Å². The molecule has 1 saturated carbocycles. The van der Waals surface area contributed by atoms with Gasteiger partial charge in [0, 0.05) is 39.2 Å². The van der Waals surface area contributed by atoms with Crippen LogP contribution in [0.3, 0.4) is 0 Å². The number of likely N-dealkylation sites (N-methyl/N-ethyl adjacent to an activating group) is 1. The molecule has 0 unspecified atom stereocenters. The van der Waals surface area contributed by atoms with Crippen molar-refractivity contribution in [1.82, 2.24) is 15.3 Å². The van der Waals surface area contributed by atoms with E-state index in [9.17, 15) is 19.5 Å². The Bertz CT molecular complexity index is 2170. The van der Waals surface area contributed by atoms with Crippen molar-refractivity contribution >= 4 is 29.8 Å². The maximum atomic E-state index is 15.8. The van der Waals surface area contributed by atoms with Crippen molar-refractivity contribution < 1.29 is 57.9 Å². The number of aliphatic hydroxyl groups is 2. The molecular weight excluding hydrogens is 811 g/mol. The number of fused-ring (bicyclic) bond motifs is 5. The Morgan fingerprint density at radius 2 is 1.67 bits per heavy atom. The number of carbonyl (C=O) groups is 4. The fourth-order valence-electron chi connectivity index (χ4n) is 9.87. The normalized spacial score (nSPS) is 26.4. The summed E-state index contributed by atoms with van der Waals surface area (Å²) in [4.78, 5) is 65.6. The van der Waals surface area contributed by atoms with Crippen LogP contribution in [0, 0.1) is 5.41 Å². The number of amides is 2. The maximum Gasteiger partial charge on any atom is 0.327 e. The highest BCUT2D eigenvalue weighted by Gasteiger charge is 2.77. The minimum Gasteiger partial charge on any atom is -0.499 e. The highest BCUT2D eigenvalue weighted by atomic mass is 16.8. The standard InChI is InChI=1S/C48H57N3O12/c1-46(2,3)60-38(54)18-17-35(29-53)49-43(55)36(24-30-11-6-5-7-12-30)50(4)45(57)48-27-37-39-40(62-47(61-39)25-33-15-8-9-16-34(33)26-47)42(48)63-51(41(48)44(56)59-37)28-32-14-10-13-31(23-32)19-21-58-22-20-52/h5-16,19,21,23,35-37,39-42,52-53H,17-18,20,22,24-29H2,1-4H3,(H,49,55)/t35-,36+,37+,39-,40-,41-,42+,48-/m0/s1. The summed E-state index contributed by atoms with van der Waals surface area (Å²) in [5.74, 6) is -3.21. The van der Waals surface area contributed by atoms with E-state index in [1.807, 2.05) is 78.9 Å². The third kappa shape index (κ3) is 9.13. The van der Waals surface area contributed by atoms with E-state index in [-0.39, 0.29) is 45.4 Å². The zero-order valence-corrected chi connectivity index (χ0v) is 36.1. The number of nitrogens with zero attached hydrogens (tertiary/aromatic N) is 2. The average molecular weight is 868 g/mol. The van der Waals surface area contributed by atoms with Crippen molar-refractivity contribution in [1.29, 1.82) is 0 Å². The molecule has 4 fully saturated rings. The van der Waals surface area contributed by atoms with Gasteiger partial charge < -0.3 is 44.1 Å². The van der Waals surface area contributed by atoms with Crippen molar-refractivity contribution in [2.75, 3.05) is 26.9 Å². The van der Waals surface area contributed by atoms with Crippen molar-refractivity contribution in [2.45, 2.75) is 120 Å². The molecule has 5 aliphatic rings. The van der Waals surface area contributed by atoms with Gasteiger partial charge >= 0.3 is 11.9 Å². The summed E-state index contributed by atoms with van der Waals surface area (Å²) < 4.78 is 30.8. The molecule has 8 atom stereocenters. The van der Waals surface area contributed by atoms with E-state index in [0.29, 0.717) is 12.8 Å². The van der Waals surface area contributed by atoms with Gasteiger partial charge in [-0.2, -0.15) is 5.06 Å². The topological polar surface area (TPSA) is 183 Å². The first-order valence-corrected chi connectivity index (χ1v) is 21.7. The lowest BCUT2D eigenvalue weighted by Gasteiger charge is -2.50. The maximum absolute atomic E-state index is 15.8. The van der Waals surface area contributed by atoms with Crippen LogP contribution in [0.25, 0.3) is 6.08 Å². The van der Waals surface area contributed by atoms with Crippen LogP contribution >= 0.6 is 0 Å². The van der Waals surface area contributed by atoms with Gasteiger partial charge in [0.2, 0.25) is 11.8 Å². The molecule has 3 saturated heterocycles. The lowest BCUT2D eigenvalue weighted by atomic mass is 9.62. The van der Waals surface area contributed by atoms with Gasteiger partial charge in [0.15, 0.2) is 11.8 Å². The van der Waals surface area contributed by atoms with E-state index < -0.39 is 89.7 Å². The summed E-state index contributed by atoms with van der Waals surface area (Å²) in [7, 11) is 1.56. The average Bonchev–Trinajstić information content (AvgIpc) is 3.93. The van der Waals surface area contributed by atoms with E-state index in [0.717, 1.165) is 27.8 Å². The molecule has 8 rings (SSSR count). The van der Waals surface area contributed by atoms with Gasteiger partial charge in [0.1, 0.15) is 48.1 Å². The van der Waals surface area contributed by atoms with Crippen LogP contribution in [0.4, 0.5) is 0 Å². The van der Waals surface area contributed by atoms with Gasteiger partial charge in [-0.3, -0.25) is 24.0 Å². The number of rotatable bonds is 16. The first-order valence-electron chi connectivity index (χ1n) is 21.7. The monoisotopic (exact) mass is 867 g/mol. The third-order valence-electron chi connectivity index (χ3n) is 12.6. The second-order valence-corrected chi connectivity index (χ2v) is 18.2. The Hall–Kier alpha value is -5.16. The molecule has 3 aliphatic heterocycles. The lowest BCUT2D eigenvalue weighted by Crippen LogP contribution is -2.70. The molecule has 1 spiro atoms. The zero-order chi connectivity index (χ0) is 44.5. The quantitative estimate of drug-likeness (QED) is 0.108. The molecule has 0 radical (unpaired) electrons. The Morgan fingerprint density at radius 3 is 2.37 bits per heavy atom. The van der Waals surface area contributed by atoms with Crippen LogP contribution in [0.15, 0.2) is 85.1 Å². The van der Waals surface area contributed by atoms with Gasteiger partial charge in [-0.05, 0) is 61.1 Å². The highest BCUT2D eigenvalue weighted by molar-refractivity contribution is 5.96. The fourth-order valence-corrected chi connectivity index (χ4v) is 9.87. The van der Waals surface area contributed by atoms with Gasteiger partial charge in [-0.1, -0.05) is 78.9 Å².